The molecule has 0 aliphatic carbocycles. The maximum atomic E-state index is 11.9. The van der Waals surface area contributed by atoms with Gasteiger partial charge in [0.1, 0.15) is 5.78 Å². The van der Waals surface area contributed by atoms with Crippen LogP contribution in [0.1, 0.15) is 51.9 Å². The molecule has 5 heteroatoms. The monoisotopic (exact) mass is 298 g/mol. The number of hydrogen-bond donors (Lipinski definition) is 1. The minimum absolute atomic E-state index is 0.151. The summed E-state index contributed by atoms with van der Waals surface area (Å²) in [4.78, 5) is 24.9. The number of Topliss-reactive ketones (excluding diaryl/α,β-unsaturated/α-hetero) is 1. The van der Waals surface area contributed by atoms with E-state index in [1.807, 2.05) is 0 Å². The van der Waals surface area contributed by atoms with Crippen LogP contribution in [-0.4, -0.2) is 56.0 Å². The van der Waals surface area contributed by atoms with Gasteiger partial charge in [0.2, 0.25) is 5.91 Å². The number of unbranched alkanes of at least 4 members (excludes halogenated alkanes) is 3. The zero-order chi connectivity index (χ0) is 15.7. The van der Waals surface area contributed by atoms with Crippen molar-refractivity contribution < 1.29 is 14.3 Å². The number of nitrogens with zero attached hydrogens (tertiary/aromatic N) is 1. The average molecular weight is 298 g/mol. The molecule has 0 spiro atoms. The Bertz CT molecular complexity index is 333. The van der Waals surface area contributed by atoms with Gasteiger partial charge in [-0.15, -0.1) is 0 Å². The van der Waals surface area contributed by atoms with Crippen molar-refractivity contribution in [3.05, 3.63) is 0 Å². The quantitative estimate of drug-likeness (QED) is 0.624. The van der Waals surface area contributed by atoms with E-state index in [0.29, 0.717) is 18.9 Å². The zero-order valence-electron chi connectivity index (χ0n) is 13.7. The Morgan fingerprint density at radius 3 is 2.48 bits per heavy atom. The number of likely N-dealkylation sites (tertiary alicyclic amines) is 1. The summed E-state index contributed by atoms with van der Waals surface area (Å²) in [7, 11) is 3.79. The molecule has 0 saturated carbocycles. The summed E-state index contributed by atoms with van der Waals surface area (Å²) in [5.74, 6) is 0.404. The molecule has 1 N–H and O–H groups in total. The Balaban J connectivity index is 2.07. The number of likely N-dealkylation sites (N-methyl/N-ethyl adjacent to an activating group) is 1. The summed E-state index contributed by atoms with van der Waals surface area (Å²) >= 11 is 0. The molecule has 1 aliphatic rings. The van der Waals surface area contributed by atoms with Crippen molar-refractivity contribution in [2.75, 3.05) is 27.3 Å². The van der Waals surface area contributed by atoms with Gasteiger partial charge in [0.05, 0.1) is 6.61 Å². The molecule has 21 heavy (non-hydrogen) atoms. The lowest BCUT2D eigenvalue weighted by molar-refractivity contribution is -0.122. The number of carbonyl (C=O) groups is 2. The van der Waals surface area contributed by atoms with Crippen molar-refractivity contribution in [2.45, 2.75) is 64.0 Å². The van der Waals surface area contributed by atoms with Gasteiger partial charge < -0.3 is 14.8 Å². The van der Waals surface area contributed by atoms with Crippen molar-refractivity contribution in [1.82, 2.24) is 10.2 Å². The van der Waals surface area contributed by atoms with Crippen molar-refractivity contribution >= 4 is 11.7 Å². The predicted octanol–water partition coefficient (Wildman–Crippen LogP) is 1.75. The molecule has 1 saturated heterocycles. The molecule has 0 radical (unpaired) electrons. The van der Waals surface area contributed by atoms with Gasteiger partial charge in [-0.2, -0.15) is 0 Å². The van der Waals surface area contributed by atoms with E-state index in [4.69, 9.17) is 4.74 Å². The Labute approximate surface area is 128 Å². The SMILES string of the molecule is COC[C@@H]1C[C@@H](NC(=O)CCCCCCC(C)=O)CN1C. The Hall–Kier alpha value is -0.940. The highest BCUT2D eigenvalue weighted by Gasteiger charge is 2.29. The highest BCUT2D eigenvalue weighted by atomic mass is 16.5. The molecule has 1 rings (SSSR count). The van der Waals surface area contributed by atoms with Crippen LogP contribution in [0.5, 0.6) is 0 Å². The molecule has 0 unspecified atom stereocenters. The van der Waals surface area contributed by atoms with Crippen molar-refractivity contribution in [3.8, 4) is 0 Å². The van der Waals surface area contributed by atoms with Crippen LogP contribution in [0.2, 0.25) is 0 Å². The first-order chi connectivity index (χ1) is 10.0. The molecular formula is C16H30N2O3. The van der Waals surface area contributed by atoms with Gasteiger partial charge in [0.15, 0.2) is 0 Å². The fourth-order valence-electron chi connectivity index (χ4n) is 2.88. The van der Waals surface area contributed by atoms with E-state index < -0.39 is 0 Å². The van der Waals surface area contributed by atoms with Gasteiger partial charge in [-0.1, -0.05) is 12.8 Å². The second kappa shape index (κ2) is 9.90. The van der Waals surface area contributed by atoms with Gasteiger partial charge in [-0.3, -0.25) is 9.69 Å². The minimum Gasteiger partial charge on any atom is -0.383 e. The average Bonchev–Trinajstić information content (AvgIpc) is 2.74. The largest absolute Gasteiger partial charge is 0.383 e. The molecule has 2 atom stereocenters. The second-order valence-corrected chi connectivity index (χ2v) is 6.17. The van der Waals surface area contributed by atoms with Gasteiger partial charge >= 0.3 is 0 Å². The summed E-state index contributed by atoms with van der Waals surface area (Å²) in [6.07, 6.45) is 6.15. The molecule has 0 aromatic rings. The normalized spacial score (nSPS) is 22.4. The standard InChI is InChI=1S/C16H30N2O3/c1-13(19)8-6-4-5-7-9-16(20)17-14-10-15(12-21-3)18(2)11-14/h14-15H,4-12H2,1-3H3,(H,17,20)/t14-,15+/m1/s1. The predicted molar refractivity (Wildman–Crippen MR) is 83.2 cm³/mol. The van der Waals surface area contributed by atoms with Crippen LogP contribution < -0.4 is 5.32 Å². The summed E-state index contributed by atoms with van der Waals surface area (Å²) in [6.45, 7) is 3.25. The van der Waals surface area contributed by atoms with E-state index in [1.165, 1.54) is 0 Å². The molecule has 1 amide bonds. The van der Waals surface area contributed by atoms with Crippen molar-refractivity contribution in [1.29, 1.82) is 0 Å². The summed E-state index contributed by atoms with van der Waals surface area (Å²) in [5, 5.41) is 3.12. The molecular weight excluding hydrogens is 268 g/mol. The highest BCUT2D eigenvalue weighted by Crippen LogP contribution is 2.16. The molecule has 0 aromatic carbocycles. The van der Waals surface area contributed by atoms with Crippen LogP contribution >= 0.6 is 0 Å². The number of methoxy groups -OCH3 is 1. The van der Waals surface area contributed by atoms with Gasteiger partial charge in [0, 0.05) is 38.6 Å². The topological polar surface area (TPSA) is 58.6 Å². The molecule has 1 fully saturated rings. The van der Waals surface area contributed by atoms with E-state index in [0.717, 1.165) is 45.3 Å². The van der Waals surface area contributed by atoms with Crippen LogP contribution in [0.3, 0.4) is 0 Å². The number of nitrogens with one attached hydrogen (secondary N) is 1. The first kappa shape index (κ1) is 18.1. The summed E-state index contributed by atoms with van der Waals surface area (Å²) in [5.41, 5.74) is 0. The second-order valence-electron chi connectivity index (χ2n) is 6.17. The van der Waals surface area contributed by atoms with Gasteiger partial charge in [0.25, 0.3) is 0 Å². The summed E-state index contributed by atoms with van der Waals surface area (Å²) < 4.78 is 5.19. The van der Waals surface area contributed by atoms with E-state index in [1.54, 1.807) is 14.0 Å². The highest BCUT2D eigenvalue weighted by molar-refractivity contribution is 5.76. The van der Waals surface area contributed by atoms with Gasteiger partial charge in [-0.25, -0.2) is 0 Å². The third kappa shape index (κ3) is 7.58. The first-order valence-electron chi connectivity index (χ1n) is 8.01. The molecule has 5 nitrogen and oxygen atoms in total. The number of ketones is 1. The smallest absolute Gasteiger partial charge is 0.220 e. The number of ether oxygens (including phenoxy) is 1. The minimum atomic E-state index is 0.151. The molecule has 0 aromatic heterocycles. The first-order valence-corrected chi connectivity index (χ1v) is 8.01. The maximum absolute atomic E-state index is 11.9. The summed E-state index contributed by atoms with van der Waals surface area (Å²) in [6, 6.07) is 0.659. The zero-order valence-corrected chi connectivity index (χ0v) is 13.7. The lowest BCUT2D eigenvalue weighted by Crippen LogP contribution is -2.36. The molecule has 122 valence electrons. The Morgan fingerprint density at radius 1 is 1.19 bits per heavy atom. The lowest BCUT2D eigenvalue weighted by atomic mass is 10.1. The lowest BCUT2D eigenvalue weighted by Gasteiger charge is -2.17. The fraction of sp³-hybridized carbons (Fsp3) is 0.875. The van der Waals surface area contributed by atoms with Gasteiger partial charge in [-0.05, 0) is 33.2 Å². The fourth-order valence-corrected chi connectivity index (χ4v) is 2.88. The van der Waals surface area contributed by atoms with E-state index >= 15 is 0 Å². The third-order valence-corrected chi connectivity index (χ3v) is 4.10. The molecule has 1 aliphatic heterocycles. The van der Waals surface area contributed by atoms with E-state index in [2.05, 4.69) is 17.3 Å². The molecule has 1 heterocycles. The van der Waals surface area contributed by atoms with Crippen LogP contribution in [0, 0.1) is 0 Å². The van der Waals surface area contributed by atoms with E-state index in [9.17, 15) is 9.59 Å². The maximum Gasteiger partial charge on any atom is 0.220 e. The molecule has 0 bridgehead atoms. The van der Waals surface area contributed by atoms with Crippen LogP contribution in [-0.2, 0) is 14.3 Å². The number of amides is 1. The third-order valence-electron chi connectivity index (χ3n) is 4.10. The van der Waals surface area contributed by atoms with Crippen LogP contribution in [0.4, 0.5) is 0 Å². The Kier molecular flexibility index (Phi) is 8.54. The van der Waals surface area contributed by atoms with Crippen LogP contribution in [0.25, 0.3) is 0 Å². The Morgan fingerprint density at radius 2 is 1.86 bits per heavy atom. The van der Waals surface area contributed by atoms with Crippen LogP contribution in [0.15, 0.2) is 0 Å². The number of carbonyl (C=O) groups excluding carboxylic acids is 2. The van der Waals surface area contributed by atoms with Crippen molar-refractivity contribution in [2.24, 2.45) is 0 Å². The number of hydrogen-bond acceptors (Lipinski definition) is 4. The number of rotatable bonds is 10. The van der Waals surface area contributed by atoms with Crippen molar-refractivity contribution in [3.63, 3.8) is 0 Å². The van der Waals surface area contributed by atoms with E-state index in [-0.39, 0.29) is 17.7 Å².